The zero-order valence-corrected chi connectivity index (χ0v) is 13.1. The standard InChI is InChI=1S/C18H22N2O2/c1-10-6-4-5-7-13(10)16-12(3)19-20-17(16)14-8-9-15(21)11(2)18(14)22/h4-9,12,16-17,19-22H,1-3H3. The van der Waals surface area contributed by atoms with Crippen LogP contribution in [0.2, 0.25) is 0 Å². The molecule has 0 aliphatic carbocycles. The monoisotopic (exact) mass is 298 g/mol. The second kappa shape index (κ2) is 5.63. The van der Waals surface area contributed by atoms with Crippen molar-refractivity contribution in [3.63, 3.8) is 0 Å². The minimum Gasteiger partial charge on any atom is -0.508 e. The van der Waals surface area contributed by atoms with Crippen LogP contribution in [0.25, 0.3) is 0 Å². The fourth-order valence-electron chi connectivity index (χ4n) is 3.33. The Balaban J connectivity index is 2.07. The number of aromatic hydroxyl groups is 2. The van der Waals surface area contributed by atoms with Crippen molar-refractivity contribution in [1.29, 1.82) is 0 Å². The normalized spacial score (nSPS) is 24.6. The van der Waals surface area contributed by atoms with E-state index in [2.05, 4.69) is 36.8 Å². The Bertz CT molecular complexity index is 699. The smallest absolute Gasteiger partial charge is 0.127 e. The SMILES string of the molecule is Cc1ccccc1C1C(C)NNC1c1ccc(O)c(C)c1O. The number of hydrogen-bond acceptors (Lipinski definition) is 4. The maximum absolute atomic E-state index is 10.4. The highest BCUT2D eigenvalue weighted by Crippen LogP contribution is 2.43. The summed E-state index contributed by atoms with van der Waals surface area (Å²) < 4.78 is 0. The third-order valence-corrected chi connectivity index (χ3v) is 4.68. The van der Waals surface area contributed by atoms with Gasteiger partial charge < -0.3 is 10.2 Å². The van der Waals surface area contributed by atoms with E-state index in [0.29, 0.717) is 5.56 Å². The summed E-state index contributed by atoms with van der Waals surface area (Å²) in [4.78, 5) is 0. The predicted octanol–water partition coefficient (Wildman–Crippen LogP) is 3.04. The van der Waals surface area contributed by atoms with Gasteiger partial charge in [-0.15, -0.1) is 0 Å². The van der Waals surface area contributed by atoms with Crippen molar-refractivity contribution < 1.29 is 10.2 Å². The molecule has 1 fully saturated rings. The largest absolute Gasteiger partial charge is 0.508 e. The molecule has 2 aromatic carbocycles. The molecule has 0 saturated carbocycles. The van der Waals surface area contributed by atoms with Crippen molar-refractivity contribution in [3.05, 3.63) is 58.7 Å². The fourth-order valence-corrected chi connectivity index (χ4v) is 3.33. The molecule has 2 aromatic rings. The first-order valence-corrected chi connectivity index (χ1v) is 7.58. The second-order valence-corrected chi connectivity index (χ2v) is 6.08. The van der Waals surface area contributed by atoms with E-state index in [4.69, 9.17) is 0 Å². The van der Waals surface area contributed by atoms with Gasteiger partial charge in [-0.2, -0.15) is 0 Å². The summed E-state index contributed by atoms with van der Waals surface area (Å²) in [7, 11) is 0. The minimum absolute atomic E-state index is 0.0459. The molecule has 3 atom stereocenters. The van der Waals surface area contributed by atoms with Gasteiger partial charge in [-0.3, -0.25) is 5.43 Å². The van der Waals surface area contributed by atoms with E-state index in [-0.39, 0.29) is 29.5 Å². The van der Waals surface area contributed by atoms with Crippen molar-refractivity contribution in [3.8, 4) is 11.5 Å². The van der Waals surface area contributed by atoms with Gasteiger partial charge in [-0.1, -0.05) is 24.3 Å². The number of rotatable bonds is 2. The Hall–Kier alpha value is -2.04. The number of aryl methyl sites for hydroxylation is 1. The average Bonchev–Trinajstić information content (AvgIpc) is 2.87. The molecular weight excluding hydrogens is 276 g/mol. The third kappa shape index (κ3) is 2.34. The third-order valence-electron chi connectivity index (χ3n) is 4.68. The molecule has 4 heteroatoms. The molecule has 0 bridgehead atoms. The van der Waals surface area contributed by atoms with E-state index >= 15 is 0 Å². The Morgan fingerprint density at radius 3 is 2.36 bits per heavy atom. The summed E-state index contributed by atoms with van der Waals surface area (Å²) in [6, 6.07) is 12.0. The lowest BCUT2D eigenvalue weighted by Crippen LogP contribution is -2.29. The number of benzene rings is 2. The fraction of sp³-hybridized carbons (Fsp3) is 0.333. The number of phenolic OH excluding ortho intramolecular Hbond substituents is 2. The molecule has 0 radical (unpaired) electrons. The summed E-state index contributed by atoms with van der Waals surface area (Å²) >= 11 is 0. The van der Waals surface area contributed by atoms with E-state index in [9.17, 15) is 10.2 Å². The van der Waals surface area contributed by atoms with E-state index in [1.165, 1.54) is 11.1 Å². The predicted molar refractivity (Wildman–Crippen MR) is 86.9 cm³/mol. The van der Waals surface area contributed by atoms with Gasteiger partial charge in [0.05, 0.1) is 6.04 Å². The van der Waals surface area contributed by atoms with Crippen molar-refractivity contribution in [2.75, 3.05) is 0 Å². The van der Waals surface area contributed by atoms with Crippen LogP contribution in [0.1, 0.15) is 41.1 Å². The Kier molecular flexibility index (Phi) is 3.81. The van der Waals surface area contributed by atoms with Gasteiger partial charge in [0.2, 0.25) is 0 Å². The molecule has 22 heavy (non-hydrogen) atoms. The number of hydrogen-bond donors (Lipinski definition) is 4. The lowest BCUT2D eigenvalue weighted by Gasteiger charge is -2.24. The first-order valence-electron chi connectivity index (χ1n) is 7.58. The van der Waals surface area contributed by atoms with Crippen LogP contribution in [0.4, 0.5) is 0 Å². The Morgan fingerprint density at radius 2 is 1.64 bits per heavy atom. The van der Waals surface area contributed by atoms with E-state index in [0.717, 1.165) is 5.56 Å². The summed E-state index contributed by atoms with van der Waals surface area (Å²) in [6.45, 7) is 5.97. The molecule has 4 N–H and O–H groups in total. The lowest BCUT2D eigenvalue weighted by atomic mass is 9.82. The molecule has 3 rings (SSSR count). The van der Waals surface area contributed by atoms with Crippen molar-refractivity contribution >= 4 is 0 Å². The molecule has 4 nitrogen and oxygen atoms in total. The molecule has 1 aliphatic heterocycles. The van der Waals surface area contributed by atoms with Gasteiger partial charge in [0.15, 0.2) is 0 Å². The van der Waals surface area contributed by atoms with Crippen LogP contribution in [0.3, 0.4) is 0 Å². The molecule has 1 heterocycles. The topological polar surface area (TPSA) is 64.5 Å². The highest BCUT2D eigenvalue weighted by Gasteiger charge is 2.37. The van der Waals surface area contributed by atoms with Crippen LogP contribution in [0.5, 0.6) is 11.5 Å². The number of hydrazine groups is 1. The molecule has 1 aliphatic rings. The van der Waals surface area contributed by atoms with Gasteiger partial charge in [0, 0.05) is 23.1 Å². The zero-order valence-electron chi connectivity index (χ0n) is 13.1. The van der Waals surface area contributed by atoms with E-state index in [1.54, 1.807) is 19.1 Å². The summed E-state index contributed by atoms with van der Waals surface area (Å²) in [6.07, 6.45) is 0. The van der Waals surface area contributed by atoms with Gasteiger partial charge in [-0.25, -0.2) is 5.43 Å². The van der Waals surface area contributed by atoms with Crippen molar-refractivity contribution in [2.45, 2.75) is 38.8 Å². The first-order chi connectivity index (χ1) is 10.5. The number of phenols is 2. The second-order valence-electron chi connectivity index (χ2n) is 6.08. The van der Waals surface area contributed by atoms with Crippen LogP contribution in [-0.2, 0) is 0 Å². The highest BCUT2D eigenvalue weighted by atomic mass is 16.3. The van der Waals surface area contributed by atoms with Crippen LogP contribution in [0, 0.1) is 13.8 Å². The number of nitrogens with one attached hydrogen (secondary N) is 2. The van der Waals surface area contributed by atoms with Gasteiger partial charge in [0.1, 0.15) is 11.5 Å². The Labute approximate surface area is 130 Å². The summed E-state index contributed by atoms with van der Waals surface area (Å²) in [5.41, 5.74) is 10.4. The van der Waals surface area contributed by atoms with Crippen LogP contribution in [0.15, 0.2) is 36.4 Å². The van der Waals surface area contributed by atoms with Crippen molar-refractivity contribution in [1.82, 2.24) is 10.9 Å². The highest BCUT2D eigenvalue weighted by molar-refractivity contribution is 5.50. The lowest BCUT2D eigenvalue weighted by molar-refractivity contribution is 0.425. The van der Waals surface area contributed by atoms with E-state index in [1.807, 2.05) is 12.1 Å². The van der Waals surface area contributed by atoms with Crippen molar-refractivity contribution in [2.24, 2.45) is 0 Å². The van der Waals surface area contributed by atoms with Crippen LogP contribution >= 0.6 is 0 Å². The maximum Gasteiger partial charge on any atom is 0.127 e. The van der Waals surface area contributed by atoms with Crippen LogP contribution < -0.4 is 10.9 Å². The molecule has 1 saturated heterocycles. The van der Waals surface area contributed by atoms with Gasteiger partial charge in [-0.05, 0) is 44.0 Å². The van der Waals surface area contributed by atoms with Crippen LogP contribution in [-0.4, -0.2) is 16.3 Å². The maximum atomic E-state index is 10.4. The molecular formula is C18H22N2O2. The summed E-state index contributed by atoms with van der Waals surface area (Å²) in [5, 5.41) is 20.2. The van der Waals surface area contributed by atoms with Gasteiger partial charge >= 0.3 is 0 Å². The van der Waals surface area contributed by atoms with E-state index < -0.39 is 0 Å². The Morgan fingerprint density at radius 1 is 0.909 bits per heavy atom. The summed E-state index contributed by atoms with van der Waals surface area (Å²) in [5.74, 6) is 0.482. The van der Waals surface area contributed by atoms with Gasteiger partial charge in [0.25, 0.3) is 0 Å². The minimum atomic E-state index is -0.0459. The molecule has 0 aromatic heterocycles. The molecule has 0 amide bonds. The average molecular weight is 298 g/mol. The molecule has 0 spiro atoms. The zero-order chi connectivity index (χ0) is 15.9. The molecule has 116 valence electrons. The first kappa shape index (κ1) is 14.9. The quantitative estimate of drug-likeness (QED) is 0.688. The molecule has 3 unspecified atom stereocenters.